The molecule has 0 saturated heterocycles. The molecular weight excluding hydrogens is 668 g/mol. The Hall–Kier alpha value is -6.62. The quantitative estimate of drug-likeness (QED) is 0.0701. The van der Waals surface area contributed by atoms with Gasteiger partial charge in [0.25, 0.3) is 6.29 Å². The molecule has 1 aliphatic rings. The maximum absolute atomic E-state index is 14.8. The van der Waals surface area contributed by atoms with Gasteiger partial charge >= 0.3 is 0 Å². The minimum atomic E-state index is -1.21. The topological polar surface area (TPSA) is 194 Å². The summed E-state index contributed by atoms with van der Waals surface area (Å²) >= 11 is 0. The van der Waals surface area contributed by atoms with E-state index in [9.17, 15) is 45.3 Å². The molecule has 258 valence electrons. The molecule has 0 spiro atoms. The van der Waals surface area contributed by atoms with Gasteiger partial charge in [0.2, 0.25) is 10.9 Å². The number of hydrogen-bond donors (Lipinski definition) is 7. The van der Waals surface area contributed by atoms with E-state index in [1.807, 2.05) is 0 Å². The molecule has 11 nitrogen and oxygen atoms in total. The Balaban J connectivity index is 1.62. The number of phenols is 7. The summed E-state index contributed by atoms with van der Waals surface area (Å²) in [6.45, 7) is 6.85. The van der Waals surface area contributed by atoms with Crippen LogP contribution in [0.2, 0.25) is 0 Å². The summed E-state index contributed by atoms with van der Waals surface area (Å²) < 4.78 is 12.8. The molecule has 0 bridgehead atoms. The van der Waals surface area contributed by atoms with Gasteiger partial charge in [-0.2, -0.15) is 0 Å². The van der Waals surface area contributed by atoms with Gasteiger partial charge in [0.05, 0.1) is 21.5 Å². The first-order chi connectivity index (χ1) is 24.7. The van der Waals surface area contributed by atoms with Gasteiger partial charge in [-0.15, -0.1) is 0 Å². The second-order valence-corrected chi connectivity index (χ2v) is 14.4. The first-order valence-corrected chi connectivity index (χ1v) is 16.8. The first kappa shape index (κ1) is 30.2. The van der Waals surface area contributed by atoms with Crippen LogP contribution in [0.1, 0.15) is 62.5 Å². The number of benzene rings is 9. The average Bonchev–Trinajstić information content (AvgIpc) is 3.23. The van der Waals surface area contributed by atoms with Crippen molar-refractivity contribution in [1.82, 2.24) is 0 Å². The molecule has 1 aliphatic heterocycles. The summed E-state index contributed by atoms with van der Waals surface area (Å²) in [7, 11) is 0. The van der Waals surface area contributed by atoms with Crippen LogP contribution in [0.25, 0.3) is 75.4 Å². The predicted molar refractivity (Wildman–Crippen MR) is 197 cm³/mol. The van der Waals surface area contributed by atoms with Crippen LogP contribution in [0, 0.1) is 0 Å². The van der Waals surface area contributed by atoms with Crippen molar-refractivity contribution in [3.63, 3.8) is 0 Å². The second-order valence-electron chi connectivity index (χ2n) is 14.4. The molecule has 0 saturated carbocycles. The standard InChI is InChI=1S/C41H28O11/c1-11(2)19-35(45)31-29-27-25-21(39(49)33(29)37(19)47)15(43)9-17-23(25)24-18(52-41(51-17)13-5-7-14(42)8-6-13)10-16(44)22-26(24)28(27)30-32(31)36(46)20(12(3)4)38(48)34(30)40(22)50/h5-12,41-48H,1-4H3. The van der Waals surface area contributed by atoms with E-state index in [1.54, 1.807) is 39.8 Å². The van der Waals surface area contributed by atoms with Gasteiger partial charge in [0, 0.05) is 82.7 Å². The van der Waals surface area contributed by atoms with Gasteiger partial charge in [-0.1, -0.05) is 27.7 Å². The zero-order chi connectivity index (χ0) is 36.6. The van der Waals surface area contributed by atoms with Crippen LogP contribution in [0.4, 0.5) is 0 Å². The predicted octanol–water partition coefficient (Wildman–Crippen LogP) is 7.89. The molecule has 0 amide bonds. The third-order valence-electron chi connectivity index (χ3n) is 11.0. The molecule has 11 heteroatoms. The van der Waals surface area contributed by atoms with Crippen LogP contribution >= 0.6 is 0 Å². The Kier molecular flexibility index (Phi) is 5.45. The monoisotopic (exact) mass is 696 g/mol. The van der Waals surface area contributed by atoms with Crippen LogP contribution in [-0.2, 0) is 0 Å². The highest BCUT2D eigenvalue weighted by atomic mass is 16.7. The van der Waals surface area contributed by atoms with Crippen LogP contribution in [-0.4, -0.2) is 35.7 Å². The highest BCUT2D eigenvalue weighted by molar-refractivity contribution is 6.51. The summed E-state index contributed by atoms with van der Waals surface area (Å²) in [5.41, 5.74) is -1.02. The average molecular weight is 697 g/mol. The molecule has 9 aromatic rings. The van der Waals surface area contributed by atoms with E-state index in [1.165, 1.54) is 24.3 Å². The first-order valence-electron chi connectivity index (χ1n) is 16.8. The number of hydrogen-bond acceptors (Lipinski definition) is 11. The summed E-state index contributed by atoms with van der Waals surface area (Å²) in [5.74, 6) is -3.78. The van der Waals surface area contributed by atoms with Crippen molar-refractivity contribution in [3.8, 4) is 51.7 Å². The summed E-state index contributed by atoms with van der Waals surface area (Å²) in [6.07, 6.45) is -1.21. The summed E-state index contributed by atoms with van der Waals surface area (Å²) in [6, 6.07) is 8.52. The van der Waals surface area contributed by atoms with Crippen LogP contribution in [0.3, 0.4) is 0 Å². The largest absolute Gasteiger partial charge is 0.508 e. The zero-order valence-electron chi connectivity index (χ0n) is 28.0. The lowest BCUT2D eigenvalue weighted by Gasteiger charge is -2.26. The lowest BCUT2D eigenvalue weighted by atomic mass is 9.77. The van der Waals surface area contributed by atoms with Gasteiger partial charge in [-0.3, -0.25) is 9.59 Å². The fourth-order valence-electron chi connectivity index (χ4n) is 8.96. The minimum Gasteiger partial charge on any atom is -0.508 e. The van der Waals surface area contributed by atoms with E-state index in [0.29, 0.717) is 5.56 Å². The van der Waals surface area contributed by atoms with Crippen LogP contribution in [0.15, 0.2) is 46.0 Å². The number of ether oxygens (including phenoxy) is 2. The van der Waals surface area contributed by atoms with Crippen molar-refractivity contribution in [1.29, 1.82) is 0 Å². The third-order valence-corrected chi connectivity index (χ3v) is 11.0. The molecule has 0 unspecified atom stereocenters. The van der Waals surface area contributed by atoms with Gasteiger partial charge < -0.3 is 45.2 Å². The Morgan fingerprint density at radius 3 is 1.19 bits per heavy atom. The highest BCUT2D eigenvalue weighted by Crippen LogP contribution is 2.61. The summed E-state index contributed by atoms with van der Waals surface area (Å²) in [5, 5.41) is 81.9. The Bertz CT molecular complexity index is 2990. The Labute approximate surface area is 291 Å². The maximum Gasteiger partial charge on any atom is 0.267 e. The normalized spacial score (nSPS) is 13.9. The third kappa shape index (κ3) is 3.23. The molecule has 52 heavy (non-hydrogen) atoms. The van der Waals surface area contributed by atoms with Crippen molar-refractivity contribution in [2.24, 2.45) is 0 Å². The lowest BCUT2D eigenvalue weighted by molar-refractivity contribution is 0.00793. The zero-order valence-corrected chi connectivity index (χ0v) is 28.0. The van der Waals surface area contributed by atoms with E-state index < -0.39 is 63.5 Å². The van der Waals surface area contributed by atoms with E-state index in [4.69, 9.17) is 9.47 Å². The molecule has 10 rings (SSSR count). The summed E-state index contributed by atoms with van der Waals surface area (Å²) in [4.78, 5) is 29.6. The van der Waals surface area contributed by atoms with Crippen molar-refractivity contribution in [2.75, 3.05) is 0 Å². The maximum atomic E-state index is 14.8. The van der Waals surface area contributed by atoms with Gasteiger partial charge in [-0.25, -0.2) is 0 Å². The van der Waals surface area contributed by atoms with Gasteiger partial charge in [0.1, 0.15) is 51.7 Å². The molecule has 0 aromatic heterocycles. The Morgan fingerprint density at radius 2 is 0.808 bits per heavy atom. The van der Waals surface area contributed by atoms with Crippen molar-refractivity contribution in [2.45, 2.75) is 45.8 Å². The number of fused-ring (bicyclic) bond motifs is 1. The molecule has 7 N–H and O–H groups in total. The SMILES string of the molecule is CC(C)c1c(O)c2c(=O)c3c(O)cc4c5c6c(cc(O)c7c(=O)c8c(O)c(C(C)C)c(O)c9c(c1O)c2c(c35)c(c76)c89)OC(c1ccc(O)cc1)O4. The fraction of sp³-hybridized carbons (Fsp3) is 0.171. The molecule has 0 aliphatic carbocycles. The van der Waals surface area contributed by atoms with Gasteiger partial charge in [-0.05, 0) is 36.1 Å². The van der Waals surface area contributed by atoms with E-state index >= 15 is 0 Å². The number of rotatable bonds is 3. The smallest absolute Gasteiger partial charge is 0.267 e. The van der Waals surface area contributed by atoms with Gasteiger partial charge in [0.15, 0.2) is 0 Å². The highest BCUT2D eigenvalue weighted by Gasteiger charge is 2.38. The molecule has 1 heterocycles. The van der Waals surface area contributed by atoms with Crippen LogP contribution < -0.4 is 20.3 Å². The molecular formula is C41H28O11. The van der Waals surface area contributed by atoms with Crippen molar-refractivity contribution >= 4 is 75.4 Å². The number of aromatic hydroxyl groups is 7. The molecule has 0 radical (unpaired) electrons. The number of phenolic OH excluding ortho intramolecular Hbond substituents is 7. The van der Waals surface area contributed by atoms with Crippen molar-refractivity contribution in [3.05, 3.63) is 73.5 Å². The Morgan fingerprint density at radius 1 is 0.462 bits per heavy atom. The van der Waals surface area contributed by atoms with E-state index in [0.717, 1.165) is 0 Å². The fourth-order valence-corrected chi connectivity index (χ4v) is 8.96. The minimum absolute atomic E-state index is 0.00776. The van der Waals surface area contributed by atoms with Crippen molar-refractivity contribution < 1.29 is 45.2 Å². The molecule has 0 atom stereocenters. The van der Waals surface area contributed by atoms with E-state index in [2.05, 4.69) is 0 Å². The second kappa shape index (κ2) is 9.38. The lowest BCUT2D eigenvalue weighted by Crippen LogP contribution is -2.14. The van der Waals surface area contributed by atoms with E-state index in [-0.39, 0.29) is 104 Å². The van der Waals surface area contributed by atoms with Crippen LogP contribution in [0.5, 0.6) is 51.7 Å². The molecule has 0 fully saturated rings. The molecule has 9 aromatic carbocycles.